The summed E-state index contributed by atoms with van der Waals surface area (Å²) in [7, 11) is 3.21. The van der Waals surface area contributed by atoms with E-state index in [1.54, 1.807) is 30.3 Å². The Morgan fingerprint density at radius 2 is 1.73 bits per heavy atom. The molecule has 218 valence electrons. The van der Waals surface area contributed by atoms with Crippen LogP contribution in [0.1, 0.15) is 34.3 Å². The molecule has 41 heavy (non-hydrogen) atoms. The van der Waals surface area contributed by atoms with Gasteiger partial charge in [-0.1, -0.05) is 12.1 Å². The zero-order valence-electron chi connectivity index (χ0n) is 23.1. The van der Waals surface area contributed by atoms with E-state index >= 15 is 4.39 Å². The second-order valence-corrected chi connectivity index (χ2v) is 10.5. The van der Waals surface area contributed by atoms with Gasteiger partial charge in [0.1, 0.15) is 5.82 Å². The Kier molecular flexibility index (Phi) is 8.46. The third-order valence-corrected chi connectivity index (χ3v) is 7.67. The van der Waals surface area contributed by atoms with E-state index in [4.69, 9.17) is 4.74 Å². The number of hydrogen-bond acceptors (Lipinski definition) is 6. The molecule has 11 heteroatoms. The average molecular weight is 572 g/mol. The molecule has 3 aromatic rings. The van der Waals surface area contributed by atoms with Gasteiger partial charge in [-0.2, -0.15) is 13.2 Å². The SMILES string of the molecule is COc1cc(C(F)(F)F)c(C(=O)Nc2cc(-c3cc(CN4CCCC4)ccc3F)ccc2N2CCN(C)CC2)cn1. The standard InChI is InChI=1S/C30H33F4N5O2/c1-37-11-13-39(14-12-37)27-8-6-21(22-15-20(5-7-25(22)31)19-38-9-3-4-10-38)16-26(27)36-29(40)23-18-35-28(41-2)17-24(23)30(32,33)34/h5-8,15-18H,3-4,9-14,19H2,1-2H3,(H,36,40). The van der Waals surface area contributed by atoms with Gasteiger partial charge in [-0.15, -0.1) is 0 Å². The van der Waals surface area contributed by atoms with Crippen molar-refractivity contribution in [3.8, 4) is 17.0 Å². The molecule has 0 aliphatic carbocycles. The third kappa shape index (κ3) is 6.62. The normalized spacial score (nSPS) is 16.7. The number of aromatic nitrogens is 1. The van der Waals surface area contributed by atoms with Gasteiger partial charge in [0, 0.05) is 50.6 Å². The molecule has 1 aromatic heterocycles. The highest BCUT2D eigenvalue weighted by atomic mass is 19.4. The Hall–Kier alpha value is -3.70. The number of amides is 1. The van der Waals surface area contributed by atoms with Crippen LogP contribution in [0, 0.1) is 5.82 Å². The van der Waals surface area contributed by atoms with Gasteiger partial charge in [0.15, 0.2) is 0 Å². The highest BCUT2D eigenvalue weighted by molar-refractivity contribution is 6.07. The number of likely N-dealkylation sites (tertiary alicyclic amines) is 1. The van der Waals surface area contributed by atoms with Crippen molar-refractivity contribution in [2.45, 2.75) is 25.6 Å². The van der Waals surface area contributed by atoms with Gasteiger partial charge in [0.25, 0.3) is 5.91 Å². The number of hydrogen-bond donors (Lipinski definition) is 1. The van der Waals surface area contributed by atoms with Crippen molar-refractivity contribution in [1.29, 1.82) is 0 Å². The van der Waals surface area contributed by atoms with Crippen LogP contribution in [0.25, 0.3) is 11.1 Å². The van der Waals surface area contributed by atoms with Crippen LogP contribution in [0.2, 0.25) is 0 Å². The summed E-state index contributed by atoms with van der Waals surface area (Å²) < 4.78 is 61.6. The van der Waals surface area contributed by atoms with E-state index in [-0.39, 0.29) is 5.88 Å². The molecule has 7 nitrogen and oxygen atoms in total. The van der Waals surface area contributed by atoms with Crippen molar-refractivity contribution in [2.24, 2.45) is 0 Å². The maximum absolute atomic E-state index is 15.1. The predicted molar refractivity (Wildman–Crippen MR) is 150 cm³/mol. The molecular weight excluding hydrogens is 538 g/mol. The summed E-state index contributed by atoms with van der Waals surface area (Å²) in [5, 5.41) is 2.68. The molecule has 5 rings (SSSR count). The molecule has 0 radical (unpaired) electrons. The van der Waals surface area contributed by atoms with E-state index in [1.165, 1.54) is 13.2 Å². The first-order chi connectivity index (χ1) is 19.6. The second-order valence-electron chi connectivity index (χ2n) is 10.5. The zero-order valence-corrected chi connectivity index (χ0v) is 23.1. The van der Waals surface area contributed by atoms with Crippen LogP contribution in [0.3, 0.4) is 0 Å². The molecule has 0 bridgehead atoms. The molecule has 2 aliphatic heterocycles. The molecule has 2 saturated heterocycles. The van der Waals surface area contributed by atoms with Gasteiger partial charge in [0.2, 0.25) is 5.88 Å². The summed E-state index contributed by atoms with van der Waals surface area (Å²) in [4.78, 5) is 23.7. The molecule has 0 spiro atoms. The van der Waals surface area contributed by atoms with Gasteiger partial charge in [0.05, 0.1) is 29.6 Å². The summed E-state index contributed by atoms with van der Waals surface area (Å²) >= 11 is 0. The summed E-state index contributed by atoms with van der Waals surface area (Å²) in [5.41, 5.74) is 1.01. The number of nitrogens with one attached hydrogen (secondary N) is 1. The Bertz CT molecular complexity index is 1400. The first-order valence-electron chi connectivity index (χ1n) is 13.6. The number of carbonyl (C=O) groups is 1. The first kappa shape index (κ1) is 28.8. The lowest BCUT2D eigenvalue weighted by Gasteiger charge is -2.35. The minimum absolute atomic E-state index is 0.252. The Balaban J connectivity index is 1.52. The highest BCUT2D eigenvalue weighted by Gasteiger charge is 2.36. The molecule has 2 aromatic carbocycles. The summed E-state index contributed by atoms with van der Waals surface area (Å²) in [6, 6.07) is 10.9. The lowest BCUT2D eigenvalue weighted by molar-refractivity contribution is -0.138. The van der Waals surface area contributed by atoms with Crippen LogP contribution < -0.4 is 15.0 Å². The Labute approximate surface area is 236 Å². The molecule has 1 amide bonds. The first-order valence-corrected chi connectivity index (χ1v) is 13.6. The van der Waals surface area contributed by atoms with Crippen molar-refractivity contribution >= 4 is 17.3 Å². The fourth-order valence-corrected chi connectivity index (χ4v) is 5.37. The minimum Gasteiger partial charge on any atom is -0.481 e. The number of piperazine rings is 1. The number of nitrogens with zero attached hydrogens (tertiary/aromatic N) is 4. The molecule has 1 N–H and O–H groups in total. The zero-order chi connectivity index (χ0) is 29.1. The van der Waals surface area contributed by atoms with Crippen molar-refractivity contribution in [3.63, 3.8) is 0 Å². The van der Waals surface area contributed by atoms with Gasteiger partial charge >= 0.3 is 6.18 Å². The summed E-state index contributed by atoms with van der Waals surface area (Å²) in [6.45, 7) is 5.60. The maximum Gasteiger partial charge on any atom is 0.417 e. The van der Waals surface area contributed by atoms with Crippen molar-refractivity contribution in [2.75, 3.05) is 63.6 Å². The van der Waals surface area contributed by atoms with E-state index in [2.05, 4.69) is 25.0 Å². The van der Waals surface area contributed by atoms with Crippen molar-refractivity contribution in [1.82, 2.24) is 14.8 Å². The maximum atomic E-state index is 15.1. The number of pyridine rings is 1. The van der Waals surface area contributed by atoms with E-state index in [9.17, 15) is 18.0 Å². The van der Waals surface area contributed by atoms with Crippen LogP contribution >= 0.6 is 0 Å². The summed E-state index contributed by atoms with van der Waals surface area (Å²) in [5.74, 6) is -1.64. The molecular formula is C30H33F4N5O2. The number of benzene rings is 2. The van der Waals surface area contributed by atoms with Crippen molar-refractivity contribution < 1.29 is 27.1 Å². The number of alkyl halides is 3. The smallest absolute Gasteiger partial charge is 0.417 e. The fraction of sp³-hybridized carbons (Fsp3) is 0.400. The van der Waals surface area contributed by atoms with Crippen LogP contribution in [-0.4, -0.2) is 74.1 Å². The number of methoxy groups -OCH3 is 1. The molecule has 0 saturated carbocycles. The number of rotatable bonds is 7. The number of halogens is 4. The van der Waals surface area contributed by atoms with Crippen LogP contribution in [0.5, 0.6) is 5.88 Å². The topological polar surface area (TPSA) is 60.9 Å². The Morgan fingerprint density at radius 1 is 1.00 bits per heavy atom. The van der Waals surface area contributed by atoms with Crippen LogP contribution in [0.4, 0.5) is 28.9 Å². The third-order valence-electron chi connectivity index (χ3n) is 7.67. The van der Waals surface area contributed by atoms with Gasteiger partial charge in [-0.25, -0.2) is 9.37 Å². The summed E-state index contributed by atoms with van der Waals surface area (Å²) in [6.07, 6.45) is -1.66. The molecule has 3 heterocycles. The predicted octanol–water partition coefficient (Wildman–Crippen LogP) is 5.52. The Morgan fingerprint density at radius 3 is 2.41 bits per heavy atom. The fourth-order valence-electron chi connectivity index (χ4n) is 5.37. The largest absolute Gasteiger partial charge is 0.481 e. The molecule has 0 unspecified atom stereocenters. The van der Waals surface area contributed by atoms with E-state index in [0.29, 0.717) is 48.2 Å². The van der Waals surface area contributed by atoms with Gasteiger partial charge in [-0.05, 0) is 68.4 Å². The van der Waals surface area contributed by atoms with E-state index < -0.39 is 29.0 Å². The second kappa shape index (κ2) is 12.0. The van der Waals surface area contributed by atoms with E-state index in [0.717, 1.165) is 50.8 Å². The minimum atomic E-state index is -4.80. The highest BCUT2D eigenvalue weighted by Crippen LogP contribution is 2.37. The van der Waals surface area contributed by atoms with Crippen LogP contribution in [0.15, 0.2) is 48.7 Å². The molecule has 2 fully saturated rings. The monoisotopic (exact) mass is 571 g/mol. The number of anilines is 2. The van der Waals surface area contributed by atoms with Crippen molar-refractivity contribution in [3.05, 3.63) is 71.2 Å². The van der Waals surface area contributed by atoms with E-state index in [1.807, 2.05) is 7.05 Å². The quantitative estimate of drug-likeness (QED) is 0.377. The average Bonchev–Trinajstić information content (AvgIpc) is 3.47. The molecule has 0 atom stereocenters. The van der Waals surface area contributed by atoms with Gasteiger partial charge in [-0.3, -0.25) is 9.69 Å². The number of likely N-dealkylation sites (N-methyl/N-ethyl adjacent to an activating group) is 1. The number of ether oxygens (including phenoxy) is 1. The lowest BCUT2D eigenvalue weighted by Crippen LogP contribution is -2.44. The lowest BCUT2D eigenvalue weighted by atomic mass is 10.00. The number of carbonyl (C=O) groups excluding carboxylic acids is 1. The molecule has 2 aliphatic rings. The van der Waals surface area contributed by atoms with Gasteiger partial charge < -0.3 is 19.9 Å². The van der Waals surface area contributed by atoms with Crippen LogP contribution in [-0.2, 0) is 12.7 Å².